The van der Waals surface area contributed by atoms with E-state index in [1.54, 1.807) is 0 Å². The third kappa shape index (κ3) is 2.48. The molecule has 0 aromatic heterocycles. The average Bonchev–Trinajstić information content (AvgIpc) is 2.19. The van der Waals surface area contributed by atoms with Gasteiger partial charge in [-0.05, 0) is 37.0 Å². The summed E-state index contributed by atoms with van der Waals surface area (Å²) in [4.78, 5) is 10.9. The highest BCUT2D eigenvalue weighted by molar-refractivity contribution is 5.54. The van der Waals surface area contributed by atoms with Gasteiger partial charge >= 0.3 is 0 Å². The Bertz CT molecular complexity index is 225. The first kappa shape index (κ1) is 11.5. The van der Waals surface area contributed by atoms with E-state index in [0.717, 1.165) is 5.57 Å². The van der Waals surface area contributed by atoms with Gasteiger partial charge in [0.2, 0.25) is 0 Å². The third-order valence-electron chi connectivity index (χ3n) is 3.66. The van der Waals surface area contributed by atoms with E-state index in [-0.39, 0.29) is 0 Å². The summed E-state index contributed by atoms with van der Waals surface area (Å²) in [5.74, 6) is 3.90. The molecule has 0 heterocycles. The lowest BCUT2D eigenvalue weighted by molar-refractivity contribution is 0.269. The van der Waals surface area contributed by atoms with Gasteiger partial charge in [0.1, 0.15) is 5.94 Å². The number of allylic oxidation sites excluding steroid dienone is 1. The fraction of sp³-hybridized carbons (Fsp3) is 0.846. The van der Waals surface area contributed by atoms with Gasteiger partial charge in [0, 0.05) is 5.57 Å². The van der Waals surface area contributed by atoms with Crippen LogP contribution in [0.1, 0.15) is 52.9 Å². The molecule has 14 heavy (non-hydrogen) atoms. The van der Waals surface area contributed by atoms with Crippen LogP contribution in [0, 0.1) is 17.8 Å². The lowest BCUT2D eigenvalue weighted by atomic mass is 9.70. The molecular weight excluding hydrogens is 172 g/mol. The van der Waals surface area contributed by atoms with Crippen LogP contribution >= 0.6 is 0 Å². The lowest BCUT2D eigenvalue weighted by Crippen LogP contribution is -2.25. The highest BCUT2D eigenvalue weighted by Gasteiger charge is 2.30. The van der Waals surface area contributed by atoms with E-state index in [4.69, 9.17) is 0 Å². The summed E-state index contributed by atoms with van der Waals surface area (Å²) in [5.41, 5.74) is 1.07. The van der Waals surface area contributed by atoms with Crippen LogP contribution in [0.5, 0.6) is 0 Å². The van der Waals surface area contributed by atoms with Crippen LogP contribution in [0.4, 0.5) is 0 Å². The summed E-state index contributed by atoms with van der Waals surface area (Å²) >= 11 is 0. The summed E-state index contributed by atoms with van der Waals surface area (Å²) in [6.07, 6.45) is 6.11. The highest BCUT2D eigenvalue weighted by atomic mass is 16.1. The normalized spacial score (nSPS) is 32.8. The van der Waals surface area contributed by atoms with Gasteiger partial charge < -0.3 is 0 Å². The minimum absolute atomic E-state index is 0.477. The molecule has 0 N–H and O–H groups in total. The zero-order valence-corrected chi connectivity index (χ0v) is 9.68. The van der Waals surface area contributed by atoms with E-state index in [0.29, 0.717) is 17.8 Å². The number of carbonyl (C=O) groups excluding carboxylic acids is 1. The molecule has 80 valence electrons. The van der Waals surface area contributed by atoms with Crippen molar-refractivity contribution in [1.82, 2.24) is 0 Å². The van der Waals surface area contributed by atoms with Crippen molar-refractivity contribution in [2.75, 3.05) is 0 Å². The Morgan fingerprint density at radius 1 is 1.36 bits per heavy atom. The van der Waals surface area contributed by atoms with Crippen LogP contribution in [-0.2, 0) is 4.79 Å². The minimum Gasteiger partial charge on any atom is -0.234 e. The first-order chi connectivity index (χ1) is 6.70. The molecule has 1 aliphatic rings. The van der Waals surface area contributed by atoms with Crippen LogP contribution in [0.15, 0.2) is 5.57 Å². The predicted octanol–water partition coefficient (Wildman–Crippen LogP) is 3.62. The second-order valence-electron chi connectivity index (χ2n) is 4.76. The highest BCUT2D eigenvalue weighted by Crippen LogP contribution is 2.39. The molecule has 0 amide bonds. The van der Waals surface area contributed by atoms with Crippen molar-refractivity contribution in [1.29, 1.82) is 0 Å². The molecule has 3 unspecified atom stereocenters. The van der Waals surface area contributed by atoms with Crippen LogP contribution in [0.3, 0.4) is 0 Å². The maximum atomic E-state index is 10.9. The van der Waals surface area contributed by atoms with Crippen molar-refractivity contribution in [3.63, 3.8) is 0 Å². The Morgan fingerprint density at radius 2 is 2.07 bits per heavy atom. The number of hydrogen-bond acceptors (Lipinski definition) is 1. The van der Waals surface area contributed by atoms with Gasteiger partial charge in [-0.15, -0.1) is 0 Å². The topological polar surface area (TPSA) is 17.1 Å². The molecule has 0 aromatic carbocycles. The Kier molecular flexibility index (Phi) is 4.41. The molecule has 0 saturated heterocycles. The summed E-state index contributed by atoms with van der Waals surface area (Å²) < 4.78 is 0. The van der Waals surface area contributed by atoms with Crippen LogP contribution in [-0.4, -0.2) is 5.94 Å². The SMILES string of the molecule is CCCCC1C(=C=O)C(C)CCC1C. The monoisotopic (exact) mass is 194 g/mol. The summed E-state index contributed by atoms with van der Waals surface area (Å²) in [7, 11) is 0. The Morgan fingerprint density at radius 3 is 2.64 bits per heavy atom. The molecule has 0 bridgehead atoms. The molecule has 1 nitrogen and oxygen atoms in total. The Hall–Kier alpha value is -0.550. The number of rotatable bonds is 3. The van der Waals surface area contributed by atoms with E-state index in [1.165, 1.54) is 32.1 Å². The van der Waals surface area contributed by atoms with Gasteiger partial charge in [0.05, 0.1) is 0 Å². The van der Waals surface area contributed by atoms with E-state index < -0.39 is 0 Å². The van der Waals surface area contributed by atoms with Crippen LogP contribution < -0.4 is 0 Å². The maximum absolute atomic E-state index is 10.9. The minimum atomic E-state index is 0.477. The predicted molar refractivity (Wildman–Crippen MR) is 59.8 cm³/mol. The molecule has 1 aliphatic carbocycles. The van der Waals surface area contributed by atoms with Crippen molar-refractivity contribution >= 4 is 5.94 Å². The average molecular weight is 194 g/mol. The van der Waals surface area contributed by atoms with Crippen molar-refractivity contribution < 1.29 is 4.79 Å². The Balaban J connectivity index is 2.69. The molecule has 0 radical (unpaired) electrons. The molecule has 1 heteroatoms. The smallest absolute Gasteiger partial charge is 0.124 e. The number of unbranched alkanes of at least 4 members (excludes halogenated alkanes) is 1. The fourth-order valence-corrected chi connectivity index (χ4v) is 2.58. The van der Waals surface area contributed by atoms with Gasteiger partial charge in [0.25, 0.3) is 0 Å². The maximum Gasteiger partial charge on any atom is 0.124 e. The van der Waals surface area contributed by atoms with Crippen molar-refractivity contribution in [3.8, 4) is 0 Å². The summed E-state index contributed by atoms with van der Waals surface area (Å²) in [6.45, 7) is 6.66. The van der Waals surface area contributed by atoms with Crippen molar-refractivity contribution in [3.05, 3.63) is 5.57 Å². The molecule has 0 aromatic rings. The largest absolute Gasteiger partial charge is 0.234 e. The second-order valence-corrected chi connectivity index (χ2v) is 4.76. The molecule has 3 atom stereocenters. The van der Waals surface area contributed by atoms with Crippen molar-refractivity contribution in [2.24, 2.45) is 17.8 Å². The lowest BCUT2D eigenvalue weighted by Gasteiger charge is -2.33. The van der Waals surface area contributed by atoms with Gasteiger partial charge in [-0.1, -0.05) is 33.6 Å². The first-order valence-electron chi connectivity index (χ1n) is 5.95. The fourth-order valence-electron chi connectivity index (χ4n) is 2.58. The standard InChI is InChI=1S/C13H22O/c1-4-5-6-12-10(2)7-8-11(3)13(12)9-14/h10-12H,4-8H2,1-3H3. The molecule has 1 fully saturated rings. The molecule has 0 aliphatic heterocycles. The molecule has 1 saturated carbocycles. The third-order valence-corrected chi connectivity index (χ3v) is 3.66. The van der Waals surface area contributed by atoms with E-state index in [9.17, 15) is 4.79 Å². The second kappa shape index (κ2) is 5.36. The van der Waals surface area contributed by atoms with Gasteiger partial charge in [-0.25, -0.2) is 4.79 Å². The summed E-state index contributed by atoms with van der Waals surface area (Å²) in [5, 5.41) is 0. The van der Waals surface area contributed by atoms with Gasteiger partial charge in [-0.3, -0.25) is 0 Å². The quantitative estimate of drug-likeness (QED) is 0.627. The Labute approximate surface area is 87.6 Å². The molecule has 0 spiro atoms. The zero-order valence-electron chi connectivity index (χ0n) is 9.68. The van der Waals surface area contributed by atoms with Gasteiger partial charge in [-0.2, -0.15) is 0 Å². The molecular formula is C13H22O. The molecule has 1 rings (SSSR count). The van der Waals surface area contributed by atoms with Crippen LogP contribution in [0.2, 0.25) is 0 Å². The van der Waals surface area contributed by atoms with Crippen molar-refractivity contribution in [2.45, 2.75) is 52.9 Å². The van der Waals surface area contributed by atoms with E-state index >= 15 is 0 Å². The number of hydrogen-bond donors (Lipinski definition) is 0. The van der Waals surface area contributed by atoms with Gasteiger partial charge in [0.15, 0.2) is 0 Å². The summed E-state index contributed by atoms with van der Waals surface area (Å²) in [6, 6.07) is 0. The van der Waals surface area contributed by atoms with E-state index in [2.05, 4.69) is 26.7 Å². The first-order valence-corrected chi connectivity index (χ1v) is 5.95. The van der Waals surface area contributed by atoms with Crippen LogP contribution in [0.25, 0.3) is 0 Å². The van der Waals surface area contributed by atoms with E-state index in [1.807, 2.05) is 0 Å². The zero-order chi connectivity index (χ0) is 10.6.